The molecule has 1 amide bonds. The van der Waals surface area contributed by atoms with Crippen molar-refractivity contribution in [1.82, 2.24) is 9.88 Å². The summed E-state index contributed by atoms with van der Waals surface area (Å²) in [5.74, 6) is 0.111. The number of benzene rings is 1. The van der Waals surface area contributed by atoms with Crippen molar-refractivity contribution >= 4 is 18.1 Å². The molecule has 2 heterocycles. The molecule has 2 aromatic rings. The number of nitrogens with zero attached hydrogens (tertiary/aromatic N) is 1. The van der Waals surface area contributed by atoms with Crippen LogP contribution in [0.15, 0.2) is 42.6 Å². The standard InChI is InChI=1S/C17H18N2OS/c1-12-10-16(21)18-11-14(12)15-8-5-9-19(15)17(20)13-6-3-2-4-7-13/h2-4,6-7,10-11,15H,5,8-9H2,1H3,(H,18,21). The second kappa shape index (κ2) is 5.82. The van der Waals surface area contributed by atoms with Crippen molar-refractivity contribution in [2.45, 2.75) is 25.8 Å². The van der Waals surface area contributed by atoms with E-state index in [1.807, 2.05) is 47.5 Å². The Kier molecular flexibility index (Phi) is 3.88. The molecule has 1 fully saturated rings. The molecule has 1 aromatic heterocycles. The number of H-pyrrole nitrogens is 1. The van der Waals surface area contributed by atoms with Crippen molar-refractivity contribution in [1.29, 1.82) is 0 Å². The molecule has 0 radical (unpaired) electrons. The van der Waals surface area contributed by atoms with E-state index in [-0.39, 0.29) is 11.9 Å². The van der Waals surface area contributed by atoms with Crippen LogP contribution in [0, 0.1) is 11.6 Å². The lowest BCUT2D eigenvalue weighted by atomic mass is 10.0. The summed E-state index contributed by atoms with van der Waals surface area (Å²) < 4.78 is 0.732. The molecule has 1 aromatic carbocycles. The maximum Gasteiger partial charge on any atom is 0.254 e. The van der Waals surface area contributed by atoms with Crippen LogP contribution in [0.1, 0.15) is 40.4 Å². The van der Waals surface area contributed by atoms with Gasteiger partial charge in [-0.15, -0.1) is 0 Å². The molecule has 1 atom stereocenters. The molecule has 0 spiro atoms. The Bertz CT molecular complexity index is 708. The summed E-state index contributed by atoms with van der Waals surface area (Å²) in [6.07, 6.45) is 4.00. The van der Waals surface area contributed by atoms with Gasteiger partial charge in [0, 0.05) is 18.3 Å². The number of carbonyl (C=O) groups excluding carboxylic acids is 1. The summed E-state index contributed by atoms with van der Waals surface area (Å²) in [6.45, 7) is 2.87. The van der Waals surface area contributed by atoms with Crippen molar-refractivity contribution in [3.8, 4) is 0 Å². The minimum Gasteiger partial charge on any atom is -0.353 e. The summed E-state index contributed by atoms with van der Waals surface area (Å²) in [5.41, 5.74) is 3.08. The molecule has 108 valence electrons. The van der Waals surface area contributed by atoms with Crippen LogP contribution in [0.4, 0.5) is 0 Å². The van der Waals surface area contributed by atoms with Crippen LogP contribution in [0.2, 0.25) is 0 Å². The Hall–Kier alpha value is -1.94. The van der Waals surface area contributed by atoms with E-state index < -0.39 is 0 Å². The smallest absolute Gasteiger partial charge is 0.254 e. The van der Waals surface area contributed by atoms with Gasteiger partial charge in [-0.2, -0.15) is 0 Å². The van der Waals surface area contributed by atoms with Crippen LogP contribution < -0.4 is 0 Å². The fourth-order valence-corrected chi connectivity index (χ4v) is 3.26. The first-order chi connectivity index (χ1) is 10.2. The number of aromatic amines is 1. The van der Waals surface area contributed by atoms with Crippen LogP contribution >= 0.6 is 12.2 Å². The molecule has 1 aliphatic rings. The third-order valence-electron chi connectivity index (χ3n) is 4.07. The molecule has 0 aliphatic carbocycles. The number of carbonyl (C=O) groups is 1. The highest BCUT2D eigenvalue weighted by Crippen LogP contribution is 2.34. The summed E-state index contributed by atoms with van der Waals surface area (Å²) >= 11 is 5.16. The fourth-order valence-electron chi connectivity index (χ4n) is 3.02. The number of nitrogens with one attached hydrogen (secondary N) is 1. The number of rotatable bonds is 2. The maximum absolute atomic E-state index is 12.7. The minimum atomic E-state index is 0.111. The fraction of sp³-hybridized carbons (Fsp3) is 0.294. The quantitative estimate of drug-likeness (QED) is 0.850. The van der Waals surface area contributed by atoms with Crippen LogP contribution in [-0.4, -0.2) is 22.3 Å². The van der Waals surface area contributed by atoms with Crippen molar-refractivity contribution in [3.05, 3.63) is 63.9 Å². The Balaban J connectivity index is 1.92. The maximum atomic E-state index is 12.7. The average molecular weight is 298 g/mol. The molecule has 21 heavy (non-hydrogen) atoms. The third kappa shape index (κ3) is 2.76. The SMILES string of the molecule is Cc1cc(=S)[nH]cc1C1CCCN1C(=O)c1ccccc1. The van der Waals surface area contributed by atoms with Gasteiger partial charge >= 0.3 is 0 Å². The van der Waals surface area contributed by atoms with Gasteiger partial charge in [-0.1, -0.05) is 30.4 Å². The number of pyridine rings is 1. The molecule has 3 rings (SSSR count). The van der Waals surface area contributed by atoms with E-state index in [1.54, 1.807) is 0 Å². The molecule has 1 saturated heterocycles. The van der Waals surface area contributed by atoms with Crippen LogP contribution in [0.5, 0.6) is 0 Å². The molecule has 1 N–H and O–H groups in total. The van der Waals surface area contributed by atoms with Gasteiger partial charge in [0.2, 0.25) is 0 Å². The summed E-state index contributed by atoms with van der Waals surface area (Å²) in [6, 6.07) is 11.6. The van der Waals surface area contributed by atoms with E-state index in [1.165, 1.54) is 5.56 Å². The van der Waals surface area contributed by atoms with Gasteiger partial charge < -0.3 is 9.88 Å². The van der Waals surface area contributed by atoms with E-state index in [9.17, 15) is 4.79 Å². The largest absolute Gasteiger partial charge is 0.353 e. The van der Waals surface area contributed by atoms with Crippen LogP contribution in [0.3, 0.4) is 0 Å². The van der Waals surface area contributed by atoms with Crippen molar-refractivity contribution in [2.24, 2.45) is 0 Å². The highest BCUT2D eigenvalue weighted by molar-refractivity contribution is 7.71. The lowest BCUT2D eigenvalue weighted by Gasteiger charge is -2.26. The monoisotopic (exact) mass is 298 g/mol. The predicted molar refractivity (Wildman–Crippen MR) is 85.8 cm³/mol. The van der Waals surface area contributed by atoms with E-state index in [2.05, 4.69) is 11.9 Å². The predicted octanol–water partition coefficient (Wildman–Crippen LogP) is 4.03. The van der Waals surface area contributed by atoms with Gasteiger partial charge in [0.15, 0.2) is 0 Å². The lowest BCUT2D eigenvalue weighted by Crippen LogP contribution is -2.30. The van der Waals surface area contributed by atoms with Crippen molar-refractivity contribution < 1.29 is 4.79 Å². The van der Waals surface area contributed by atoms with E-state index >= 15 is 0 Å². The second-order valence-electron chi connectivity index (χ2n) is 5.46. The normalized spacial score (nSPS) is 18.0. The van der Waals surface area contributed by atoms with Gasteiger partial charge in [0.1, 0.15) is 4.64 Å². The van der Waals surface area contributed by atoms with Crippen molar-refractivity contribution in [3.63, 3.8) is 0 Å². The molecular formula is C17H18N2OS. The first-order valence-electron chi connectivity index (χ1n) is 7.22. The van der Waals surface area contributed by atoms with E-state index in [4.69, 9.17) is 12.2 Å². The van der Waals surface area contributed by atoms with E-state index in [0.29, 0.717) is 0 Å². The number of aryl methyl sites for hydroxylation is 1. The number of aromatic nitrogens is 1. The van der Waals surface area contributed by atoms with Gasteiger partial charge in [-0.25, -0.2) is 0 Å². The first-order valence-corrected chi connectivity index (χ1v) is 7.63. The zero-order valence-electron chi connectivity index (χ0n) is 12.0. The van der Waals surface area contributed by atoms with Gasteiger partial charge in [-0.3, -0.25) is 4.79 Å². The topological polar surface area (TPSA) is 36.1 Å². The number of hydrogen-bond donors (Lipinski definition) is 1. The molecule has 4 heteroatoms. The van der Waals surface area contributed by atoms with Gasteiger partial charge in [-0.05, 0) is 49.1 Å². The molecular weight excluding hydrogens is 280 g/mol. The lowest BCUT2D eigenvalue weighted by molar-refractivity contribution is 0.0735. The minimum absolute atomic E-state index is 0.111. The molecule has 1 aliphatic heterocycles. The zero-order chi connectivity index (χ0) is 14.8. The summed E-state index contributed by atoms with van der Waals surface area (Å²) in [5, 5.41) is 0. The Morgan fingerprint density at radius 1 is 1.33 bits per heavy atom. The molecule has 0 bridgehead atoms. The Labute approximate surface area is 129 Å². The van der Waals surface area contributed by atoms with Crippen LogP contribution in [-0.2, 0) is 0 Å². The third-order valence-corrected chi connectivity index (χ3v) is 4.30. The summed E-state index contributed by atoms with van der Waals surface area (Å²) in [4.78, 5) is 17.8. The molecule has 3 nitrogen and oxygen atoms in total. The first kappa shape index (κ1) is 14.0. The van der Waals surface area contributed by atoms with E-state index in [0.717, 1.165) is 35.2 Å². The highest BCUT2D eigenvalue weighted by atomic mass is 32.1. The zero-order valence-corrected chi connectivity index (χ0v) is 12.8. The Morgan fingerprint density at radius 2 is 2.10 bits per heavy atom. The Morgan fingerprint density at radius 3 is 2.81 bits per heavy atom. The molecule has 0 saturated carbocycles. The van der Waals surface area contributed by atoms with Gasteiger partial charge in [0.25, 0.3) is 5.91 Å². The second-order valence-corrected chi connectivity index (χ2v) is 5.90. The van der Waals surface area contributed by atoms with Crippen molar-refractivity contribution in [2.75, 3.05) is 6.54 Å². The van der Waals surface area contributed by atoms with Gasteiger partial charge in [0.05, 0.1) is 6.04 Å². The average Bonchev–Trinajstić information content (AvgIpc) is 2.96. The number of amides is 1. The number of hydrogen-bond acceptors (Lipinski definition) is 2. The summed E-state index contributed by atoms with van der Waals surface area (Å²) in [7, 11) is 0. The number of likely N-dealkylation sites (tertiary alicyclic amines) is 1. The van der Waals surface area contributed by atoms with Crippen LogP contribution in [0.25, 0.3) is 0 Å². The highest BCUT2D eigenvalue weighted by Gasteiger charge is 2.31. The molecule has 1 unspecified atom stereocenters.